The topological polar surface area (TPSA) is 57.7 Å². The van der Waals surface area contributed by atoms with Crippen LogP contribution in [0.5, 0.6) is 0 Å². The summed E-state index contributed by atoms with van der Waals surface area (Å²) in [6.45, 7) is 3.46. The first-order valence-electron chi connectivity index (χ1n) is 9.07. The highest BCUT2D eigenvalue weighted by Crippen LogP contribution is 2.45. The molecule has 0 atom stereocenters. The fraction of sp³-hybridized carbons (Fsp3) is 0.611. The third-order valence-electron chi connectivity index (χ3n) is 5.15. The fourth-order valence-corrected chi connectivity index (χ4v) is 6.76. The third kappa shape index (κ3) is 3.92. The molecule has 2 heterocycles. The standard InChI is InChI=1S/C18H25FN2O3S2/c1-2-3-13-26(23,24)20-9-7-18(8-10-20)21(11-12-25-18)17(22)15-5-4-6-16(19)14-15/h4-6,14H,2-3,7-13H2,1H3. The van der Waals surface area contributed by atoms with Crippen LogP contribution in [0.4, 0.5) is 4.39 Å². The zero-order valence-corrected chi connectivity index (χ0v) is 16.6. The molecule has 8 heteroatoms. The number of carbonyl (C=O) groups is 1. The summed E-state index contributed by atoms with van der Waals surface area (Å²) >= 11 is 1.72. The van der Waals surface area contributed by atoms with E-state index in [0.29, 0.717) is 44.5 Å². The molecule has 1 spiro atoms. The van der Waals surface area contributed by atoms with E-state index in [1.807, 2.05) is 11.8 Å². The number of hydrogen-bond donors (Lipinski definition) is 0. The van der Waals surface area contributed by atoms with Crippen LogP contribution in [-0.4, -0.2) is 59.5 Å². The molecule has 0 bridgehead atoms. The first-order valence-corrected chi connectivity index (χ1v) is 11.7. The zero-order valence-electron chi connectivity index (χ0n) is 15.0. The van der Waals surface area contributed by atoms with Gasteiger partial charge in [0.2, 0.25) is 10.0 Å². The smallest absolute Gasteiger partial charge is 0.255 e. The van der Waals surface area contributed by atoms with Gasteiger partial charge < -0.3 is 4.90 Å². The highest BCUT2D eigenvalue weighted by atomic mass is 32.2. The highest BCUT2D eigenvalue weighted by molar-refractivity contribution is 8.00. The van der Waals surface area contributed by atoms with Gasteiger partial charge in [0.1, 0.15) is 5.82 Å². The molecule has 0 saturated carbocycles. The summed E-state index contributed by atoms with van der Waals surface area (Å²) in [5, 5.41) is 0. The lowest BCUT2D eigenvalue weighted by Gasteiger charge is -2.43. The van der Waals surface area contributed by atoms with Crippen molar-refractivity contribution < 1.29 is 17.6 Å². The number of piperidine rings is 1. The number of unbranched alkanes of at least 4 members (excludes halogenated alkanes) is 1. The largest absolute Gasteiger partial charge is 0.323 e. The fourth-order valence-electron chi connectivity index (χ4n) is 3.66. The van der Waals surface area contributed by atoms with Gasteiger partial charge in [0, 0.05) is 31.0 Å². The Bertz CT molecular complexity index is 761. The molecule has 2 saturated heterocycles. The van der Waals surface area contributed by atoms with Crippen molar-refractivity contribution in [2.75, 3.05) is 31.1 Å². The number of sulfonamides is 1. The van der Waals surface area contributed by atoms with Crippen LogP contribution >= 0.6 is 11.8 Å². The summed E-state index contributed by atoms with van der Waals surface area (Å²) in [4.78, 5) is 14.4. The molecule has 1 amide bonds. The summed E-state index contributed by atoms with van der Waals surface area (Å²) in [5.74, 6) is 0.421. The summed E-state index contributed by atoms with van der Waals surface area (Å²) in [7, 11) is -3.22. The van der Waals surface area contributed by atoms with Crippen molar-refractivity contribution in [3.05, 3.63) is 35.6 Å². The second-order valence-corrected chi connectivity index (χ2v) is 10.4. The van der Waals surface area contributed by atoms with E-state index in [1.165, 1.54) is 12.1 Å². The van der Waals surface area contributed by atoms with Crippen LogP contribution < -0.4 is 0 Å². The first-order chi connectivity index (χ1) is 12.4. The Morgan fingerprint density at radius 2 is 2.00 bits per heavy atom. The number of nitrogens with zero attached hydrogens (tertiary/aromatic N) is 2. The molecule has 5 nitrogen and oxygen atoms in total. The quantitative estimate of drug-likeness (QED) is 0.763. The average Bonchev–Trinajstić information content (AvgIpc) is 3.02. The molecule has 2 aliphatic rings. The molecule has 2 fully saturated rings. The average molecular weight is 401 g/mol. The minimum Gasteiger partial charge on any atom is -0.323 e. The van der Waals surface area contributed by atoms with Gasteiger partial charge >= 0.3 is 0 Å². The third-order valence-corrected chi connectivity index (χ3v) is 8.66. The van der Waals surface area contributed by atoms with Crippen LogP contribution in [0.25, 0.3) is 0 Å². The van der Waals surface area contributed by atoms with E-state index in [2.05, 4.69) is 0 Å². The van der Waals surface area contributed by atoms with Crippen LogP contribution in [0, 0.1) is 5.82 Å². The number of carbonyl (C=O) groups excluding carboxylic acids is 1. The SMILES string of the molecule is CCCCS(=O)(=O)N1CCC2(CC1)SCCN2C(=O)c1cccc(F)c1. The van der Waals surface area contributed by atoms with Gasteiger partial charge in [0.15, 0.2) is 0 Å². The Morgan fingerprint density at radius 3 is 2.65 bits per heavy atom. The molecule has 0 aromatic heterocycles. The Morgan fingerprint density at radius 1 is 1.27 bits per heavy atom. The Hall–Kier alpha value is -1.12. The van der Waals surface area contributed by atoms with Gasteiger partial charge in [0.25, 0.3) is 5.91 Å². The zero-order chi connectivity index (χ0) is 18.8. The van der Waals surface area contributed by atoms with Crippen LogP contribution in [0.3, 0.4) is 0 Å². The van der Waals surface area contributed by atoms with Gasteiger partial charge in [-0.1, -0.05) is 19.4 Å². The van der Waals surface area contributed by atoms with Crippen LogP contribution in [-0.2, 0) is 10.0 Å². The van der Waals surface area contributed by atoms with E-state index < -0.39 is 15.8 Å². The minimum atomic E-state index is -3.22. The van der Waals surface area contributed by atoms with Gasteiger partial charge in [-0.3, -0.25) is 4.79 Å². The second kappa shape index (κ2) is 7.86. The Kier molecular flexibility index (Phi) is 5.94. The number of rotatable bonds is 5. The van der Waals surface area contributed by atoms with Crippen molar-refractivity contribution in [1.82, 2.24) is 9.21 Å². The van der Waals surface area contributed by atoms with Gasteiger partial charge in [-0.25, -0.2) is 17.1 Å². The van der Waals surface area contributed by atoms with Gasteiger partial charge in [0.05, 0.1) is 10.6 Å². The molecule has 3 rings (SSSR count). The summed E-state index contributed by atoms with van der Waals surface area (Å²) in [5.41, 5.74) is 0.352. The Labute approximate surface area is 159 Å². The number of amides is 1. The summed E-state index contributed by atoms with van der Waals surface area (Å²) in [6.07, 6.45) is 2.75. The van der Waals surface area contributed by atoms with E-state index in [0.717, 1.165) is 12.2 Å². The molecule has 0 N–H and O–H groups in total. The van der Waals surface area contributed by atoms with Gasteiger partial charge in [-0.2, -0.15) is 0 Å². The van der Waals surface area contributed by atoms with Crippen LogP contribution in [0.15, 0.2) is 24.3 Å². The molecular weight excluding hydrogens is 375 g/mol. The molecule has 26 heavy (non-hydrogen) atoms. The number of halogens is 1. The molecule has 2 aliphatic heterocycles. The van der Waals surface area contributed by atoms with Crippen molar-refractivity contribution in [1.29, 1.82) is 0 Å². The highest BCUT2D eigenvalue weighted by Gasteiger charge is 2.47. The second-order valence-electron chi connectivity index (χ2n) is 6.83. The molecular formula is C18H25FN2O3S2. The van der Waals surface area contributed by atoms with E-state index in [-0.39, 0.29) is 16.5 Å². The molecule has 1 aromatic carbocycles. The molecule has 0 aliphatic carbocycles. The minimum absolute atomic E-state index is 0.170. The molecule has 0 radical (unpaired) electrons. The van der Waals surface area contributed by atoms with Gasteiger partial charge in [-0.05, 0) is 37.5 Å². The van der Waals surface area contributed by atoms with E-state index >= 15 is 0 Å². The van der Waals surface area contributed by atoms with Crippen molar-refractivity contribution in [2.24, 2.45) is 0 Å². The number of benzene rings is 1. The lowest BCUT2D eigenvalue weighted by atomic mass is 10.0. The lowest BCUT2D eigenvalue weighted by molar-refractivity contribution is 0.0604. The lowest BCUT2D eigenvalue weighted by Crippen LogP contribution is -2.53. The number of hydrogen-bond acceptors (Lipinski definition) is 4. The summed E-state index contributed by atoms with van der Waals surface area (Å²) in [6, 6.07) is 5.77. The molecule has 0 unspecified atom stereocenters. The predicted octanol–water partition coefficient (Wildman–Crippen LogP) is 2.94. The van der Waals surface area contributed by atoms with E-state index in [4.69, 9.17) is 0 Å². The van der Waals surface area contributed by atoms with Crippen molar-refractivity contribution >= 4 is 27.7 Å². The maximum atomic E-state index is 13.5. The molecule has 144 valence electrons. The number of thioether (sulfide) groups is 1. The Balaban J connectivity index is 1.72. The van der Waals surface area contributed by atoms with E-state index in [9.17, 15) is 17.6 Å². The first kappa shape index (κ1) is 19.6. The van der Waals surface area contributed by atoms with E-state index in [1.54, 1.807) is 28.2 Å². The van der Waals surface area contributed by atoms with Crippen molar-refractivity contribution in [2.45, 2.75) is 37.5 Å². The molecule has 1 aromatic rings. The normalized spacial score (nSPS) is 20.6. The van der Waals surface area contributed by atoms with Crippen molar-refractivity contribution in [3.8, 4) is 0 Å². The van der Waals surface area contributed by atoms with Crippen molar-refractivity contribution in [3.63, 3.8) is 0 Å². The monoisotopic (exact) mass is 400 g/mol. The maximum Gasteiger partial charge on any atom is 0.255 e. The maximum absolute atomic E-state index is 13.5. The van der Waals surface area contributed by atoms with Gasteiger partial charge in [-0.15, -0.1) is 11.8 Å². The summed E-state index contributed by atoms with van der Waals surface area (Å²) < 4.78 is 39.9. The van der Waals surface area contributed by atoms with Crippen LogP contribution in [0.1, 0.15) is 43.0 Å². The van der Waals surface area contributed by atoms with Crippen LogP contribution in [0.2, 0.25) is 0 Å². The predicted molar refractivity (Wildman–Crippen MR) is 102 cm³/mol.